The second kappa shape index (κ2) is 7.09. The van der Waals surface area contributed by atoms with Crippen LogP contribution in [0.15, 0.2) is 54.1 Å². The predicted molar refractivity (Wildman–Crippen MR) is 90.1 cm³/mol. The minimum atomic E-state index is -0.463. The van der Waals surface area contributed by atoms with E-state index in [1.165, 1.54) is 18.4 Å². The van der Waals surface area contributed by atoms with E-state index < -0.39 is 6.10 Å². The Kier molecular flexibility index (Phi) is 5.41. The van der Waals surface area contributed by atoms with Gasteiger partial charge in [0, 0.05) is 5.41 Å². The molecule has 1 N–H and O–H groups in total. The Balaban J connectivity index is 2.29. The van der Waals surface area contributed by atoms with E-state index in [0.29, 0.717) is 0 Å². The quantitative estimate of drug-likeness (QED) is 0.660. The number of aliphatic hydroxyl groups excluding tert-OH is 1. The van der Waals surface area contributed by atoms with E-state index in [9.17, 15) is 5.11 Å². The van der Waals surface area contributed by atoms with Crippen molar-refractivity contribution >= 4 is 0 Å². The Labute approximate surface area is 129 Å². The number of aliphatic hydroxyl groups is 1. The van der Waals surface area contributed by atoms with Crippen molar-refractivity contribution in [3.8, 4) is 0 Å². The van der Waals surface area contributed by atoms with Gasteiger partial charge in [0.2, 0.25) is 0 Å². The number of hydrogen-bond acceptors (Lipinski definition) is 1. The first-order valence-corrected chi connectivity index (χ1v) is 8.30. The molecule has 0 saturated heterocycles. The maximum atomic E-state index is 11.1. The molecule has 0 aliphatic heterocycles. The van der Waals surface area contributed by atoms with Crippen LogP contribution in [0, 0.1) is 5.41 Å². The third kappa shape index (κ3) is 2.98. The summed E-state index contributed by atoms with van der Waals surface area (Å²) in [6.07, 6.45) is 8.50. The molecule has 0 heterocycles. The highest BCUT2D eigenvalue weighted by Gasteiger charge is 2.48. The lowest BCUT2D eigenvalue weighted by molar-refractivity contribution is 0.0568. The summed E-state index contributed by atoms with van der Waals surface area (Å²) >= 11 is 0. The first-order chi connectivity index (χ1) is 10.2. The van der Waals surface area contributed by atoms with Crippen molar-refractivity contribution in [1.29, 1.82) is 0 Å². The van der Waals surface area contributed by atoms with Crippen LogP contribution in [0.4, 0.5) is 0 Å². The van der Waals surface area contributed by atoms with Crippen LogP contribution in [-0.4, -0.2) is 5.11 Å². The SMILES string of the molecule is C=C1C=C(CCCC)C1(CCCC)C(O)c1ccccc1. The van der Waals surface area contributed by atoms with Crippen LogP contribution in [0.5, 0.6) is 0 Å². The predicted octanol–water partition coefficient (Wildman–Crippen LogP) is 5.58. The van der Waals surface area contributed by atoms with Gasteiger partial charge >= 0.3 is 0 Å². The molecular weight excluding hydrogens is 256 g/mol. The molecule has 1 heteroatoms. The van der Waals surface area contributed by atoms with Crippen molar-refractivity contribution in [2.45, 2.75) is 58.5 Å². The van der Waals surface area contributed by atoms with Crippen molar-refractivity contribution in [1.82, 2.24) is 0 Å². The molecule has 2 unspecified atom stereocenters. The zero-order valence-electron chi connectivity index (χ0n) is 13.4. The lowest BCUT2D eigenvalue weighted by atomic mass is 9.57. The molecule has 0 saturated carbocycles. The van der Waals surface area contributed by atoms with E-state index in [2.05, 4.69) is 26.5 Å². The van der Waals surface area contributed by atoms with Crippen LogP contribution in [0.2, 0.25) is 0 Å². The van der Waals surface area contributed by atoms with E-state index in [1.54, 1.807) is 0 Å². The highest BCUT2D eigenvalue weighted by atomic mass is 16.3. The molecule has 1 nitrogen and oxygen atoms in total. The molecule has 1 aromatic rings. The summed E-state index contributed by atoms with van der Waals surface area (Å²) < 4.78 is 0. The van der Waals surface area contributed by atoms with Gasteiger partial charge in [-0.25, -0.2) is 0 Å². The average Bonchev–Trinajstić information content (AvgIpc) is 2.52. The molecule has 1 aliphatic carbocycles. The number of unbranched alkanes of at least 4 members (excludes halogenated alkanes) is 2. The molecule has 0 amide bonds. The lowest BCUT2D eigenvalue weighted by Crippen LogP contribution is -2.38. The summed E-state index contributed by atoms with van der Waals surface area (Å²) in [5.41, 5.74) is 3.31. The van der Waals surface area contributed by atoms with Crippen LogP contribution in [0.25, 0.3) is 0 Å². The van der Waals surface area contributed by atoms with Gasteiger partial charge in [-0.15, -0.1) is 0 Å². The maximum Gasteiger partial charge on any atom is 0.0923 e. The van der Waals surface area contributed by atoms with Crippen molar-refractivity contribution in [2.75, 3.05) is 0 Å². The van der Waals surface area contributed by atoms with Crippen molar-refractivity contribution in [3.05, 3.63) is 59.7 Å². The maximum absolute atomic E-state index is 11.1. The van der Waals surface area contributed by atoms with Gasteiger partial charge in [-0.2, -0.15) is 0 Å². The van der Waals surface area contributed by atoms with Crippen molar-refractivity contribution in [2.24, 2.45) is 5.41 Å². The van der Waals surface area contributed by atoms with Gasteiger partial charge in [-0.05, 0) is 30.4 Å². The van der Waals surface area contributed by atoms with E-state index in [-0.39, 0.29) is 5.41 Å². The normalized spacial score (nSPS) is 22.6. The summed E-state index contributed by atoms with van der Waals surface area (Å²) in [6, 6.07) is 10.1. The Morgan fingerprint density at radius 1 is 1.10 bits per heavy atom. The van der Waals surface area contributed by atoms with Crippen molar-refractivity contribution < 1.29 is 5.11 Å². The van der Waals surface area contributed by atoms with E-state index in [0.717, 1.165) is 36.8 Å². The van der Waals surface area contributed by atoms with Gasteiger partial charge in [0.25, 0.3) is 0 Å². The monoisotopic (exact) mass is 284 g/mol. The molecule has 2 rings (SSSR count). The summed E-state index contributed by atoms with van der Waals surface area (Å²) in [7, 11) is 0. The first-order valence-electron chi connectivity index (χ1n) is 8.30. The fourth-order valence-electron chi connectivity index (χ4n) is 3.44. The number of benzene rings is 1. The minimum absolute atomic E-state index is 0.216. The molecule has 0 bridgehead atoms. The molecule has 1 aliphatic rings. The largest absolute Gasteiger partial charge is 0.387 e. The minimum Gasteiger partial charge on any atom is -0.387 e. The van der Waals surface area contributed by atoms with Crippen molar-refractivity contribution in [3.63, 3.8) is 0 Å². The Morgan fingerprint density at radius 2 is 1.76 bits per heavy atom. The third-order valence-electron chi connectivity index (χ3n) is 4.80. The standard InChI is InChI=1S/C20H28O/c1-4-6-13-18-15-16(3)20(18,14-7-5-2)19(21)17-11-9-8-10-12-17/h8-12,15,19,21H,3-7,13-14H2,1-2H3. The fourth-order valence-corrected chi connectivity index (χ4v) is 3.44. The zero-order valence-corrected chi connectivity index (χ0v) is 13.4. The lowest BCUT2D eigenvalue weighted by Gasteiger charge is -2.48. The third-order valence-corrected chi connectivity index (χ3v) is 4.80. The molecule has 2 atom stereocenters. The summed E-state index contributed by atoms with van der Waals surface area (Å²) in [5.74, 6) is 0. The summed E-state index contributed by atoms with van der Waals surface area (Å²) in [5, 5.41) is 11.1. The number of allylic oxidation sites excluding steroid dienone is 1. The average molecular weight is 284 g/mol. The van der Waals surface area contributed by atoms with Gasteiger partial charge in [0.1, 0.15) is 0 Å². The Morgan fingerprint density at radius 3 is 2.33 bits per heavy atom. The smallest absolute Gasteiger partial charge is 0.0923 e. The van der Waals surface area contributed by atoms with E-state index in [4.69, 9.17) is 0 Å². The highest BCUT2D eigenvalue weighted by molar-refractivity contribution is 5.50. The van der Waals surface area contributed by atoms with E-state index >= 15 is 0 Å². The molecule has 21 heavy (non-hydrogen) atoms. The molecule has 114 valence electrons. The Bertz CT molecular complexity index is 500. The zero-order chi connectivity index (χ0) is 15.3. The van der Waals surface area contributed by atoms with Gasteiger partial charge in [-0.1, -0.05) is 81.7 Å². The van der Waals surface area contributed by atoms with Gasteiger partial charge in [-0.3, -0.25) is 0 Å². The molecule has 0 spiro atoms. The van der Waals surface area contributed by atoms with Crippen LogP contribution >= 0.6 is 0 Å². The fraction of sp³-hybridized carbons (Fsp3) is 0.500. The second-order valence-corrected chi connectivity index (χ2v) is 6.19. The number of hydrogen-bond donors (Lipinski definition) is 1. The Hall–Kier alpha value is -1.34. The highest BCUT2D eigenvalue weighted by Crippen LogP contribution is 2.58. The second-order valence-electron chi connectivity index (χ2n) is 6.19. The first kappa shape index (κ1) is 16.0. The van der Waals surface area contributed by atoms with Gasteiger partial charge < -0.3 is 5.11 Å². The van der Waals surface area contributed by atoms with Crippen LogP contribution in [0.3, 0.4) is 0 Å². The van der Waals surface area contributed by atoms with E-state index in [1.807, 2.05) is 30.3 Å². The summed E-state index contributed by atoms with van der Waals surface area (Å²) in [4.78, 5) is 0. The van der Waals surface area contributed by atoms with Gasteiger partial charge in [0.05, 0.1) is 6.10 Å². The molecule has 1 aromatic carbocycles. The molecule has 0 aromatic heterocycles. The summed E-state index contributed by atoms with van der Waals surface area (Å²) in [6.45, 7) is 8.66. The van der Waals surface area contributed by atoms with Crippen LogP contribution < -0.4 is 0 Å². The van der Waals surface area contributed by atoms with Crippen LogP contribution in [-0.2, 0) is 0 Å². The number of rotatable bonds is 8. The molecule has 0 fully saturated rings. The topological polar surface area (TPSA) is 20.2 Å². The molecule has 0 radical (unpaired) electrons. The van der Waals surface area contributed by atoms with Crippen LogP contribution in [0.1, 0.15) is 64.0 Å². The molecular formula is C20H28O. The van der Waals surface area contributed by atoms with Gasteiger partial charge in [0.15, 0.2) is 0 Å².